The molecular formula is C24H31N5O3. The summed E-state index contributed by atoms with van der Waals surface area (Å²) in [6.45, 7) is 11.1. The molecule has 2 aromatic heterocycles. The van der Waals surface area contributed by atoms with Crippen LogP contribution in [0.15, 0.2) is 36.8 Å². The van der Waals surface area contributed by atoms with Gasteiger partial charge in [-0.25, -0.2) is 9.50 Å². The standard InChI is InChI=1S/C22H25N5O3.C2H6/c1-3-22(2)13-15-11-17(18(12-19(15)30-22)26-7-9-29-10-8-26)25-21(28)16-14-24-27-6-4-5-23-20(16)27;1-2/h4-6,11-12,14H,3,7-10,13H2,1-2H3,(H,25,28);1-2H3. The molecule has 8 nitrogen and oxygen atoms in total. The van der Waals surface area contributed by atoms with Crippen LogP contribution in [0.2, 0.25) is 0 Å². The van der Waals surface area contributed by atoms with Gasteiger partial charge in [-0.3, -0.25) is 4.79 Å². The van der Waals surface area contributed by atoms with Crippen molar-refractivity contribution in [1.82, 2.24) is 14.6 Å². The molecule has 0 radical (unpaired) electrons. The van der Waals surface area contributed by atoms with Gasteiger partial charge in [0, 0.05) is 43.5 Å². The van der Waals surface area contributed by atoms with E-state index in [4.69, 9.17) is 9.47 Å². The molecule has 1 aromatic carbocycles. The molecule has 4 heterocycles. The van der Waals surface area contributed by atoms with Crippen LogP contribution in [-0.2, 0) is 11.2 Å². The lowest BCUT2D eigenvalue weighted by Gasteiger charge is -2.31. The first-order chi connectivity index (χ1) is 15.6. The Labute approximate surface area is 188 Å². The second-order valence-electron chi connectivity index (χ2n) is 8.06. The molecule has 1 amide bonds. The Balaban J connectivity index is 0.00000119. The Morgan fingerprint density at radius 1 is 1.25 bits per heavy atom. The molecule has 0 bridgehead atoms. The van der Waals surface area contributed by atoms with Crippen LogP contribution in [0.5, 0.6) is 5.75 Å². The Hall–Kier alpha value is -3.13. The maximum Gasteiger partial charge on any atom is 0.261 e. The highest BCUT2D eigenvalue weighted by atomic mass is 16.5. The predicted octanol–water partition coefficient (Wildman–Crippen LogP) is 3.95. The minimum atomic E-state index is -0.227. The summed E-state index contributed by atoms with van der Waals surface area (Å²) in [7, 11) is 0. The van der Waals surface area contributed by atoms with Crippen molar-refractivity contribution in [2.24, 2.45) is 0 Å². The summed E-state index contributed by atoms with van der Waals surface area (Å²) < 4.78 is 13.4. The molecule has 1 atom stereocenters. The van der Waals surface area contributed by atoms with Gasteiger partial charge < -0.3 is 19.7 Å². The van der Waals surface area contributed by atoms with Gasteiger partial charge in [-0.1, -0.05) is 20.8 Å². The highest BCUT2D eigenvalue weighted by Crippen LogP contribution is 2.43. The number of nitrogens with zero attached hydrogens (tertiary/aromatic N) is 4. The van der Waals surface area contributed by atoms with Crippen molar-refractivity contribution in [1.29, 1.82) is 0 Å². The molecule has 2 aliphatic rings. The van der Waals surface area contributed by atoms with Crippen LogP contribution in [0.25, 0.3) is 5.65 Å². The molecule has 1 unspecified atom stereocenters. The van der Waals surface area contributed by atoms with E-state index in [-0.39, 0.29) is 11.5 Å². The van der Waals surface area contributed by atoms with E-state index in [0.29, 0.717) is 24.4 Å². The fourth-order valence-electron chi connectivity index (χ4n) is 4.09. The minimum Gasteiger partial charge on any atom is -0.487 e. The summed E-state index contributed by atoms with van der Waals surface area (Å²) in [4.78, 5) is 19.7. The van der Waals surface area contributed by atoms with E-state index in [2.05, 4.69) is 46.3 Å². The van der Waals surface area contributed by atoms with Crippen molar-refractivity contribution in [3.8, 4) is 5.75 Å². The maximum atomic E-state index is 13.1. The molecule has 2 aliphatic heterocycles. The molecule has 0 saturated carbocycles. The van der Waals surface area contributed by atoms with Crippen LogP contribution < -0.4 is 15.0 Å². The first kappa shape index (κ1) is 22.1. The zero-order valence-corrected chi connectivity index (χ0v) is 19.2. The van der Waals surface area contributed by atoms with Crippen LogP contribution in [0.3, 0.4) is 0 Å². The molecule has 170 valence electrons. The van der Waals surface area contributed by atoms with Gasteiger partial charge in [0.05, 0.1) is 30.8 Å². The molecular weight excluding hydrogens is 406 g/mol. The summed E-state index contributed by atoms with van der Waals surface area (Å²) in [5.41, 5.74) is 3.61. The van der Waals surface area contributed by atoms with Crippen molar-refractivity contribution < 1.29 is 14.3 Å². The third-order valence-corrected chi connectivity index (χ3v) is 5.97. The number of rotatable bonds is 4. The quantitative estimate of drug-likeness (QED) is 0.666. The van der Waals surface area contributed by atoms with Crippen molar-refractivity contribution in [3.63, 3.8) is 0 Å². The van der Waals surface area contributed by atoms with Gasteiger partial charge in [-0.15, -0.1) is 0 Å². The number of morpholine rings is 1. The smallest absolute Gasteiger partial charge is 0.261 e. The molecule has 1 fully saturated rings. The fourth-order valence-corrected chi connectivity index (χ4v) is 4.09. The van der Waals surface area contributed by atoms with Gasteiger partial charge in [0.2, 0.25) is 0 Å². The number of ether oxygens (including phenoxy) is 2. The molecule has 5 rings (SSSR count). The third kappa shape index (κ3) is 4.14. The highest BCUT2D eigenvalue weighted by molar-refractivity contribution is 6.09. The number of anilines is 2. The zero-order chi connectivity index (χ0) is 22.7. The van der Waals surface area contributed by atoms with E-state index in [9.17, 15) is 4.79 Å². The Morgan fingerprint density at radius 3 is 2.78 bits per heavy atom. The average molecular weight is 438 g/mol. The van der Waals surface area contributed by atoms with Crippen LogP contribution in [0.1, 0.15) is 50.0 Å². The SMILES string of the molecule is CC.CCC1(C)Cc2cc(NC(=O)c3cnn4cccnc34)c(N3CCOCC3)cc2O1. The van der Waals surface area contributed by atoms with E-state index in [0.717, 1.165) is 48.6 Å². The molecule has 32 heavy (non-hydrogen) atoms. The number of benzene rings is 1. The summed E-state index contributed by atoms with van der Waals surface area (Å²) in [6, 6.07) is 5.90. The number of hydrogen-bond donors (Lipinski definition) is 1. The monoisotopic (exact) mass is 437 g/mol. The Bertz CT molecular complexity index is 1110. The van der Waals surface area contributed by atoms with E-state index in [1.165, 1.54) is 0 Å². The molecule has 3 aromatic rings. The first-order valence-electron chi connectivity index (χ1n) is 11.3. The topological polar surface area (TPSA) is 81.0 Å². The van der Waals surface area contributed by atoms with Crippen molar-refractivity contribution >= 4 is 22.9 Å². The Morgan fingerprint density at radius 2 is 2.03 bits per heavy atom. The van der Waals surface area contributed by atoms with Crippen molar-refractivity contribution in [2.45, 2.75) is 46.1 Å². The summed E-state index contributed by atoms with van der Waals surface area (Å²) in [5.74, 6) is 0.673. The summed E-state index contributed by atoms with van der Waals surface area (Å²) in [5, 5.41) is 7.34. The van der Waals surface area contributed by atoms with Crippen LogP contribution in [0.4, 0.5) is 11.4 Å². The lowest BCUT2D eigenvalue weighted by Crippen LogP contribution is -2.36. The molecule has 0 aliphatic carbocycles. The Kier molecular flexibility index (Phi) is 6.32. The maximum absolute atomic E-state index is 13.1. The number of amides is 1. The number of fused-ring (bicyclic) bond motifs is 2. The van der Waals surface area contributed by atoms with E-state index in [1.807, 2.05) is 13.8 Å². The van der Waals surface area contributed by atoms with E-state index < -0.39 is 0 Å². The lowest BCUT2D eigenvalue weighted by molar-refractivity contribution is 0.102. The zero-order valence-electron chi connectivity index (χ0n) is 19.2. The summed E-state index contributed by atoms with van der Waals surface area (Å²) >= 11 is 0. The van der Waals surface area contributed by atoms with Crippen LogP contribution in [0, 0.1) is 0 Å². The second kappa shape index (κ2) is 9.16. The van der Waals surface area contributed by atoms with E-state index in [1.54, 1.807) is 29.2 Å². The molecule has 1 N–H and O–H groups in total. The molecule has 0 spiro atoms. The lowest BCUT2D eigenvalue weighted by atomic mass is 9.96. The predicted molar refractivity (Wildman–Crippen MR) is 125 cm³/mol. The molecule has 8 heteroatoms. The normalized spacial score (nSPS) is 19.7. The van der Waals surface area contributed by atoms with Crippen LogP contribution in [-0.4, -0.2) is 52.4 Å². The number of hydrogen-bond acceptors (Lipinski definition) is 6. The van der Waals surface area contributed by atoms with Crippen molar-refractivity contribution in [2.75, 3.05) is 36.5 Å². The molecule has 1 saturated heterocycles. The van der Waals surface area contributed by atoms with Gasteiger partial charge in [0.25, 0.3) is 5.91 Å². The summed E-state index contributed by atoms with van der Waals surface area (Å²) in [6.07, 6.45) is 6.73. The fraction of sp³-hybridized carbons (Fsp3) is 0.458. The van der Waals surface area contributed by atoms with Gasteiger partial charge in [-0.05, 0) is 25.5 Å². The number of aromatic nitrogens is 3. The van der Waals surface area contributed by atoms with Gasteiger partial charge in [0.1, 0.15) is 16.9 Å². The van der Waals surface area contributed by atoms with Crippen LogP contribution >= 0.6 is 0 Å². The highest BCUT2D eigenvalue weighted by Gasteiger charge is 2.34. The second-order valence-corrected chi connectivity index (χ2v) is 8.06. The van der Waals surface area contributed by atoms with Gasteiger partial charge >= 0.3 is 0 Å². The van der Waals surface area contributed by atoms with Gasteiger partial charge in [-0.2, -0.15) is 5.10 Å². The minimum absolute atomic E-state index is 0.209. The van der Waals surface area contributed by atoms with E-state index >= 15 is 0 Å². The average Bonchev–Trinajstić information content (AvgIpc) is 3.41. The number of carbonyl (C=O) groups is 1. The van der Waals surface area contributed by atoms with Crippen molar-refractivity contribution in [3.05, 3.63) is 47.9 Å². The third-order valence-electron chi connectivity index (χ3n) is 5.97. The number of carbonyl (C=O) groups excluding carboxylic acids is 1. The number of nitrogens with one attached hydrogen (secondary N) is 1. The first-order valence-corrected chi connectivity index (χ1v) is 11.3. The van der Waals surface area contributed by atoms with Gasteiger partial charge in [0.15, 0.2) is 5.65 Å². The largest absolute Gasteiger partial charge is 0.487 e.